The van der Waals surface area contributed by atoms with Gasteiger partial charge in [0.15, 0.2) is 15.8 Å². The molecule has 4 rings (SSSR count). The van der Waals surface area contributed by atoms with Gasteiger partial charge in [0.1, 0.15) is 5.82 Å². The Hall–Kier alpha value is -3.77. The predicted octanol–water partition coefficient (Wildman–Crippen LogP) is 5.25. The molecule has 0 aliphatic heterocycles. The van der Waals surface area contributed by atoms with Gasteiger partial charge in [0.2, 0.25) is 11.0 Å². The Labute approximate surface area is 221 Å². The molecule has 0 bridgehead atoms. The quantitative estimate of drug-likeness (QED) is 0.209. The fourth-order valence-electron chi connectivity index (χ4n) is 3.30. The molecule has 0 aliphatic carbocycles. The van der Waals surface area contributed by atoms with Crippen molar-refractivity contribution >= 4 is 45.7 Å². The van der Waals surface area contributed by atoms with Gasteiger partial charge in [-0.1, -0.05) is 47.7 Å². The van der Waals surface area contributed by atoms with Crippen molar-refractivity contribution in [3.05, 3.63) is 71.3 Å². The van der Waals surface area contributed by atoms with Crippen LogP contribution >= 0.6 is 23.1 Å². The third kappa shape index (κ3) is 6.92. The van der Waals surface area contributed by atoms with Crippen LogP contribution in [-0.2, 0) is 4.79 Å². The Bertz CT molecular complexity index is 1400. The maximum atomic E-state index is 13.3. The molecular weight excluding hydrogens is 515 g/mol. The minimum Gasteiger partial charge on any atom is -0.489 e. The van der Waals surface area contributed by atoms with E-state index in [1.54, 1.807) is 18.3 Å². The van der Waals surface area contributed by atoms with E-state index in [1.165, 1.54) is 28.6 Å². The first kappa shape index (κ1) is 26.3. The summed E-state index contributed by atoms with van der Waals surface area (Å²) in [4.78, 5) is 25.3. The van der Waals surface area contributed by atoms with Gasteiger partial charge in [-0.2, -0.15) is 5.10 Å². The molecule has 0 saturated carbocycles. The number of amides is 2. The fourth-order valence-corrected chi connectivity index (χ4v) is 4.85. The summed E-state index contributed by atoms with van der Waals surface area (Å²) in [7, 11) is 0. The summed E-state index contributed by atoms with van der Waals surface area (Å²) in [6.45, 7) is 6.29. The highest BCUT2D eigenvalue weighted by Gasteiger charge is 2.21. The third-order valence-corrected chi connectivity index (χ3v) is 7.03. The number of carbonyl (C=O) groups is 2. The molecule has 0 atom stereocenters. The van der Waals surface area contributed by atoms with Crippen molar-refractivity contribution in [3.63, 3.8) is 0 Å². The lowest BCUT2D eigenvalue weighted by Crippen LogP contribution is -2.14. The number of nitrogens with zero attached hydrogens (tertiary/aromatic N) is 4. The standard InChI is InChI=1S/C25H25FN6O3S2/c1-4-11-35-20-13-32(18-8-6-17(26)7-9-18)31-22(20)23(34)28-24-29-30-25(37-24)36-14-21(33)27-19-10-5-15(2)12-16(19)3/h5-10,12-13H,4,11,14H2,1-3H3,(H,27,33)(H,28,29,34). The molecule has 0 unspecified atom stereocenters. The highest BCUT2D eigenvalue weighted by atomic mass is 32.2. The van der Waals surface area contributed by atoms with Crippen LogP contribution in [0.15, 0.2) is 53.0 Å². The van der Waals surface area contributed by atoms with Gasteiger partial charge >= 0.3 is 0 Å². The topological polar surface area (TPSA) is 111 Å². The number of hydrogen-bond acceptors (Lipinski definition) is 8. The molecule has 2 amide bonds. The SMILES string of the molecule is CCCOc1cn(-c2ccc(F)cc2)nc1C(=O)Nc1nnc(SCC(=O)Nc2ccc(C)cc2C)s1. The van der Waals surface area contributed by atoms with Crippen LogP contribution in [-0.4, -0.2) is 44.2 Å². The second kappa shape index (κ2) is 12.0. The molecule has 192 valence electrons. The van der Waals surface area contributed by atoms with Crippen molar-refractivity contribution in [2.45, 2.75) is 31.5 Å². The van der Waals surface area contributed by atoms with Crippen LogP contribution in [0.3, 0.4) is 0 Å². The monoisotopic (exact) mass is 540 g/mol. The number of ether oxygens (including phenoxy) is 1. The van der Waals surface area contributed by atoms with E-state index in [0.29, 0.717) is 22.4 Å². The van der Waals surface area contributed by atoms with E-state index in [9.17, 15) is 14.0 Å². The van der Waals surface area contributed by atoms with Gasteiger partial charge in [-0.05, 0) is 56.2 Å². The smallest absolute Gasteiger partial charge is 0.281 e. The predicted molar refractivity (Wildman–Crippen MR) is 142 cm³/mol. The van der Waals surface area contributed by atoms with E-state index in [4.69, 9.17) is 4.74 Å². The fraction of sp³-hybridized carbons (Fsp3) is 0.240. The second-order valence-electron chi connectivity index (χ2n) is 8.09. The molecule has 12 heteroatoms. The molecule has 0 aliphatic rings. The summed E-state index contributed by atoms with van der Waals surface area (Å²) < 4.78 is 21.0. The molecule has 2 aromatic carbocycles. The van der Waals surface area contributed by atoms with E-state index in [1.807, 2.05) is 39.0 Å². The second-order valence-corrected chi connectivity index (χ2v) is 10.3. The number of rotatable bonds is 10. The number of hydrogen-bond donors (Lipinski definition) is 2. The minimum atomic E-state index is -0.521. The molecule has 0 spiro atoms. The normalized spacial score (nSPS) is 10.8. The number of nitrogens with one attached hydrogen (secondary N) is 2. The van der Waals surface area contributed by atoms with Crippen LogP contribution in [0.25, 0.3) is 5.69 Å². The van der Waals surface area contributed by atoms with Crippen LogP contribution in [0.1, 0.15) is 35.0 Å². The number of benzene rings is 2. The Morgan fingerprint density at radius 2 is 1.89 bits per heavy atom. The Balaban J connectivity index is 1.39. The molecule has 9 nitrogen and oxygen atoms in total. The molecule has 2 aromatic heterocycles. The number of thioether (sulfide) groups is 1. The Kier molecular flexibility index (Phi) is 8.51. The van der Waals surface area contributed by atoms with Gasteiger partial charge < -0.3 is 10.1 Å². The number of anilines is 2. The van der Waals surface area contributed by atoms with E-state index in [2.05, 4.69) is 25.9 Å². The first-order chi connectivity index (χ1) is 17.8. The van der Waals surface area contributed by atoms with E-state index in [0.717, 1.165) is 34.6 Å². The maximum absolute atomic E-state index is 13.3. The number of halogens is 1. The van der Waals surface area contributed by atoms with Crippen LogP contribution in [0.4, 0.5) is 15.2 Å². The molecule has 4 aromatic rings. The van der Waals surface area contributed by atoms with Crippen LogP contribution in [0.2, 0.25) is 0 Å². The highest BCUT2D eigenvalue weighted by molar-refractivity contribution is 8.01. The largest absolute Gasteiger partial charge is 0.489 e. The van der Waals surface area contributed by atoms with Crippen molar-refractivity contribution in [1.29, 1.82) is 0 Å². The third-order valence-electron chi connectivity index (χ3n) is 5.06. The van der Waals surface area contributed by atoms with Gasteiger partial charge in [0.25, 0.3) is 5.91 Å². The van der Waals surface area contributed by atoms with Crippen molar-refractivity contribution in [3.8, 4) is 11.4 Å². The highest BCUT2D eigenvalue weighted by Crippen LogP contribution is 2.27. The molecule has 0 saturated heterocycles. The Morgan fingerprint density at radius 3 is 2.62 bits per heavy atom. The van der Waals surface area contributed by atoms with Gasteiger partial charge in [0, 0.05) is 5.69 Å². The zero-order chi connectivity index (χ0) is 26.4. The van der Waals surface area contributed by atoms with Crippen molar-refractivity contribution in [2.24, 2.45) is 0 Å². The average Bonchev–Trinajstić information content (AvgIpc) is 3.50. The number of aromatic nitrogens is 4. The molecular formula is C25H25FN6O3S2. The zero-order valence-corrected chi connectivity index (χ0v) is 22.1. The zero-order valence-electron chi connectivity index (χ0n) is 20.4. The van der Waals surface area contributed by atoms with Crippen LogP contribution in [0.5, 0.6) is 5.75 Å². The van der Waals surface area contributed by atoms with Crippen LogP contribution in [0, 0.1) is 19.7 Å². The lowest BCUT2D eigenvalue weighted by molar-refractivity contribution is -0.113. The summed E-state index contributed by atoms with van der Waals surface area (Å²) >= 11 is 2.37. The van der Waals surface area contributed by atoms with Crippen molar-refractivity contribution < 1.29 is 18.7 Å². The molecule has 2 heterocycles. The first-order valence-corrected chi connectivity index (χ1v) is 13.3. The number of aryl methyl sites for hydroxylation is 2. The van der Waals surface area contributed by atoms with Crippen molar-refractivity contribution in [2.75, 3.05) is 23.0 Å². The summed E-state index contributed by atoms with van der Waals surface area (Å²) in [6, 6.07) is 11.6. The molecule has 37 heavy (non-hydrogen) atoms. The van der Waals surface area contributed by atoms with Gasteiger partial charge in [-0.15, -0.1) is 10.2 Å². The average molecular weight is 541 g/mol. The van der Waals surface area contributed by atoms with E-state index < -0.39 is 5.91 Å². The van der Waals surface area contributed by atoms with Gasteiger partial charge in [-0.3, -0.25) is 14.9 Å². The van der Waals surface area contributed by atoms with Gasteiger partial charge in [-0.25, -0.2) is 9.07 Å². The maximum Gasteiger partial charge on any atom is 0.281 e. The lowest BCUT2D eigenvalue weighted by atomic mass is 10.1. The summed E-state index contributed by atoms with van der Waals surface area (Å²) in [6.07, 6.45) is 2.32. The number of carbonyl (C=O) groups excluding carboxylic acids is 2. The van der Waals surface area contributed by atoms with Crippen molar-refractivity contribution in [1.82, 2.24) is 20.0 Å². The first-order valence-electron chi connectivity index (χ1n) is 11.5. The van der Waals surface area contributed by atoms with E-state index >= 15 is 0 Å². The van der Waals surface area contributed by atoms with Gasteiger partial charge in [0.05, 0.1) is 24.2 Å². The van der Waals surface area contributed by atoms with Crippen LogP contribution < -0.4 is 15.4 Å². The summed E-state index contributed by atoms with van der Waals surface area (Å²) in [5, 5.41) is 18.2. The molecule has 0 fully saturated rings. The van der Waals surface area contributed by atoms with E-state index in [-0.39, 0.29) is 28.3 Å². The summed E-state index contributed by atoms with van der Waals surface area (Å²) in [5.74, 6) is -0.614. The molecule has 2 N–H and O–H groups in total. The Morgan fingerprint density at radius 1 is 1.11 bits per heavy atom. The lowest BCUT2D eigenvalue weighted by Gasteiger charge is -2.08. The minimum absolute atomic E-state index is 0.0648. The molecule has 0 radical (unpaired) electrons. The summed E-state index contributed by atoms with van der Waals surface area (Å²) in [5.41, 5.74) is 3.52.